The number of alkyl halides is 2. The molecule has 0 radical (unpaired) electrons. The molecule has 0 aliphatic carbocycles. The van der Waals surface area contributed by atoms with Crippen LogP contribution in [0.15, 0.2) is 47.5 Å². The molecular formula is C19H15Cl2F2N3O3. The number of halogens is 4. The van der Waals surface area contributed by atoms with Crippen molar-refractivity contribution in [3.8, 4) is 5.75 Å². The maximum atomic E-state index is 12.6. The molecule has 0 saturated carbocycles. The standard InChI is InChI=1S/C19H15Cl2F2N3O3/c1-25(8-11-2-4-13(5-3-11)29-19(22)23)16(27)9-26-10-24-17-14(18(26)28)6-12(20)7-15(17)21/h2-7,10,19H,8-9H2,1H3. The fraction of sp³-hybridized carbons (Fsp3) is 0.211. The van der Waals surface area contributed by atoms with Crippen LogP contribution in [0.5, 0.6) is 5.75 Å². The molecule has 0 atom stereocenters. The van der Waals surface area contributed by atoms with Gasteiger partial charge in [0.2, 0.25) is 5.91 Å². The van der Waals surface area contributed by atoms with Gasteiger partial charge in [0.05, 0.1) is 22.3 Å². The van der Waals surface area contributed by atoms with Crippen LogP contribution in [0.1, 0.15) is 5.56 Å². The van der Waals surface area contributed by atoms with Crippen molar-refractivity contribution < 1.29 is 18.3 Å². The number of fused-ring (bicyclic) bond motifs is 1. The van der Waals surface area contributed by atoms with Crippen molar-refractivity contribution in [1.82, 2.24) is 14.5 Å². The van der Waals surface area contributed by atoms with Crippen LogP contribution in [0, 0.1) is 0 Å². The van der Waals surface area contributed by atoms with Gasteiger partial charge in [0.1, 0.15) is 12.3 Å². The molecule has 0 aliphatic heterocycles. The van der Waals surface area contributed by atoms with Crippen LogP contribution in [0.2, 0.25) is 10.0 Å². The fourth-order valence-corrected chi connectivity index (χ4v) is 3.25. The van der Waals surface area contributed by atoms with E-state index < -0.39 is 12.2 Å². The topological polar surface area (TPSA) is 64.4 Å². The summed E-state index contributed by atoms with van der Waals surface area (Å²) < 4.78 is 29.9. The molecule has 0 aliphatic rings. The van der Waals surface area contributed by atoms with Gasteiger partial charge in [0, 0.05) is 18.6 Å². The highest BCUT2D eigenvalue weighted by Gasteiger charge is 2.14. The number of nitrogens with zero attached hydrogens (tertiary/aromatic N) is 3. The molecule has 0 N–H and O–H groups in total. The zero-order chi connectivity index (χ0) is 21.1. The number of carbonyl (C=O) groups excluding carboxylic acids is 1. The average molecular weight is 442 g/mol. The SMILES string of the molecule is CN(Cc1ccc(OC(F)F)cc1)C(=O)Cn1cnc2c(Cl)cc(Cl)cc2c1=O. The van der Waals surface area contributed by atoms with Gasteiger partial charge >= 0.3 is 6.61 Å². The van der Waals surface area contributed by atoms with Crippen molar-refractivity contribution in [3.63, 3.8) is 0 Å². The van der Waals surface area contributed by atoms with Crippen molar-refractivity contribution in [1.29, 1.82) is 0 Å². The van der Waals surface area contributed by atoms with E-state index in [1.54, 1.807) is 19.2 Å². The number of benzene rings is 2. The van der Waals surface area contributed by atoms with Crippen molar-refractivity contribution in [3.05, 3.63) is 68.7 Å². The number of rotatable bonds is 6. The minimum absolute atomic E-state index is 0.0313. The molecule has 3 aromatic rings. The van der Waals surface area contributed by atoms with Gasteiger partial charge < -0.3 is 9.64 Å². The van der Waals surface area contributed by atoms with Crippen LogP contribution in [-0.2, 0) is 17.9 Å². The van der Waals surface area contributed by atoms with E-state index in [1.807, 2.05) is 0 Å². The molecule has 0 saturated heterocycles. The first-order valence-corrected chi connectivity index (χ1v) is 9.12. The Morgan fingerprint density at radius 1 is 1.24 bits per heavy atom. The maximum absolute atomic E-state index is 12.6. The number of hydrogen-bond acceptors (Lipinski definition) is 4. The van der Waals surface area contributed by atoms with Gasteiger partial charge in [-0.25, -0.2) is 4.98 Å². The average Bonchev–Trinajstić information content (AvgIpc) is 2.65. The number of hydrogen-bond donors (Lipinski definition) is 0. The quantitative estimate of drug-likeness (QED) is 0.580. The summed E-state index contributed by atoms with van der Waals surface area (Å²) in [6.45, 7) is -2.90. The Labute approximate surface area is 174 Å². The van der Waals surface area contributed by atoms with Gasteiger partial charge in [-0.05, 0) is 29.8 Å². The Kier molecular flexibility index (Phi) is 6.34. The monoisotopic (exact) mass is 441 g/mol. The normalized spacial score (nSPS) is 11.1. The van der Waals surface area contributed by atoms with E-state index in [4.69, 9.17) is 23.2 Å². The van der Waals surface area contributed by atoms with E-state index in [0.717, 1.165) is 0 Å². The second-order valence-electron chi connectivity index (χ2n) is 6.23. The highest BCUT2D eigenvalue weighted by molar-refractivity contribution is 6.38. The molecule has 1 aromatic heterocycles. The van der Waals surface area contributed by atoms with Crippen LogP contribution in [-0.4, -0.2) is 34.0 Å². The Hall–Kier alpha value is -2.71. The number of likely N-dealkylation sites (N-methyl/N-ethyl adjacent to an activating group) is 1. The molecule has 29 heavy (non-hydrogen) atoms. The van der Waals surface area contributed by atoms with E-state index in [1.165, 1.54) is 40.1 Å². The summed E-state index contributed by atoms with van der Waals surface area (Å²) in [4.78, 5) is 30.7. The molecular weight excluding hydrogens is 427 g/mol. The molecule has 3 rings (SSSR count). The Balaban J connectivity index is 1.72. The second-order valence-corrected chi connectivity index (χ2v) is 7.08. The van der Waals surface area contributed by atoms with Crippen molar-refractivity contribution in [2.45, 2.75) is 19.7 Å². The first-order chi connectivity index (χ1) is 13.7. The van der Waals surface area contributed by atoms with Crippen molar-refractivity contribution in [2.24, 2.45) is 0 Å². The Morgan fingerprint density at radius 2 is 1.93 bits per heavy atom. The molecule has 2 aromatic carbocycles. The summed E-state index contributed by atoms with van der Waals surface area (Å²) in [5, 5.41) is 0.761. The van der Waals surface area contributed by atoms with Gasteiger partial charge in [-0.3, -0.25) is 14.2 Å². The predicted octanol–water partition coefficient (Wildman–Crippen LogP) is 3.96. The lowest BCUT2D eigenvalue weighted by Gasteiger charge is -2.18. The number of ether oxygens (including phenoxy) is 1. The molecule has 1 heterocycles. The highest BCUT2D eigenvalue weighted by atomic mass is 35.5. The summed E-state index contributed by atoms with van der Waals surface area (Å²) in [7, 11) is 1.57. The minimum Gasteiger partial charge on any atom is -0.435 e. The third-order valence-corrected chi connectivity index (χ3v) is 4.65. The maximum Gasteiger partial charge on any atom is 0.387 e. The lowest BCUT2D eigenvalue weighted by molar-refractivity contribution is -0.131. The summed E-state index contributed by atoms with van der Waals surface area (Å²) in [5.74, 6) is -0.307. The molecule has 0 bridgehead atoms. The van der Waals surface area contributed by atoms with E-state index in [9.17, 15) is 18.4 Å². The van der Waals surface area contributed by atoms with Crippen molar-refractivity contribution >= 4 is 40.0 Å². The number of carbonyl (C=O) groups is 1. The first-order valence-electron chi connectivity index (χ1n) is 8.36. The third kappa shape index (κ3) is 5.02. The van der Waals surface area contributed by atoms with E-state index in [2.05, 4.69) is 9.72 Å². The Morgan fingerprint density at radius 3 is 2.59 bits per heavy atom. The number of amides is 1. The summed E-state index contributed by atoms with van der Waals surface area (Å²) in [6.07, 6.45) is 1.26. The third-order valence-electron chi connectivity index (χ3n) is 4.15. The molecule has 1 amide bonds. The molecule has 0 spiro atoms. The summed E-state index contributed by atoms with van der Waals surface area (Å²) >= 11 is 12.0. The highest BCUT2D eigenvalue weighted by Crippen LogP contribution is 2.24. The second kappa shape index (κ2) is 8.75. The molecule has 0 fully saturated rings. The van der Waals surface area contributed by atoms with Crippen LogP contribution in [0.3, 0.4) is 0 Å². The van der Waals surface area contributed by atoms with Gasteiger partial charge in [-0.1, -0.05) is 35.3 Å². The largest absolute Gasteiger partial charge is 0.435 e. The van der Waals surface area contributed by atoms with Gasteiger partial charge in [0.15, 0.2) is 0 Å². The van der Waals surface area contributed by atoms with E-state index in [0.29, 0.717) is 16.1 Å². The number of aromatic nitrogens is 2. The molecule has 6 nitrogen and oxygen atoms in total. The van der Waals surface area contributed by atoms with Crippen LogP contribution in [0.4, 0.5) is 8.78 Å². The van der Waals surface area contributed by atoms with Crippen LogP contribution >= 0.6 is 23.2 Å². The Bertz CT molecular complexity index is 1100. The van der Waals surface area contributed by atoms with Gasteiger partial charge in [-0.2, -0.15) is 8.78 Å². The fourth-order valence-electron chi connectivity index (χ4n) is 2.71. The molecule has 10 heteroatoms. The smallest absolute Gasteiger partial charge is 0.387 e. The lowest BCUT2D eigenvalue weighted by atomic mass is 10.2. The predicted molar refractivity (Wildman–Crippen MR) is 106 cm³/mol. The van der Waals surface area contributed by atoms with E-state index in [-0.39, 0.29) is 35.2 Å². The van der Waals surface area contributed by atoms with Crippen LogP contribution < -0.4 is 10.3 Å². The lowest BCUT2D eigenvalue weighted by Crippen LogP contribution is -2.33. The molecule has 0 unspecified atom stereocenters. The van der Waals surface area contributed by atoms with Gasteiger partial charge in [-0.15, -0.1) is 0 Å². The summed E-state index contributed by atoms with van der Waals surface area (Å²) in [6, 6.07) is 8.88. The minimum atomic E-state index is -2.90. The zero-order valence-corrected chi connectivity index (χ0v) is 16.6. The zero-order valence-electron chi connectivity index (χ0n) is 15.1. The van der Waals surface area contributed by atoms with Crippen molar-refractivity contribution in [2.75, 3.05) is 7.05 Å². The summed E-state index contributed by atoms with van der Waals surface area (Å²) in [5.41, 5.74) is 0.587. The molecule has 152 valence electrons. The van der Waals surface area contributed by atoms with E-state index >= 15 is 0 Å². The van der Waals surface area contributed by atoms with Crippen LogP contribution in [0.25, 0.3) is 10.9 Å². The first kappa shape index (κ1) is 21.0. The van der Waals surface area contributed by atoms with Gasteiger partial charge in [0.25, 0.3) is 5.56 Å².